The lowest BCUT2D eigenvalue weighted by Crippen LogP contribution is -2.53. The maximum absolute atomic E-state index is 12.6. The zero-order chi connectivity index (χ0) is 21.9. The predicted octanol–water partition coefficient (Wildman–Crippen LogP) is 2.43. The van der Waals surface area contributed by atoms with Crippen molar-refractivity contribution in [3.8, 4) is 5.75 Å². The number of hydrogen-bond donors (Lipinski definition) is 4. The van der Waals surface area contributed by atoms with E-state index in [-0.39, 0.29) is 11.4 Å². The van der Waals surface area contributed by atoms with Crippen molar-refractivity contribution in [2.24, 2.45) is 11.7 Å². The van der Waals surface area contributed by atoms with Gasteiger partial charge in [-0.2, -0.15) is 0 Å². The van der Waals surface area contributed by atoms with Crippen LogP contribution in [0.5, 0.6) is 5.75 Å². The Bertz CT molecular complexity index is 769. The van der Waals surface area contributed by atoms with Crippen LogP contribution in [0, 0.1) is 5.92 Å². The molecule has 1 atom stereocenters. The molecule has 0 aromatic heterocycles. The highest BCUT2D eigenvalue weighted by Gasteiger charge is 2.37. The Kier molecular flexibility index (Phi) is 7.27. The van der Waals surface area contributed by atoms with Gasteiger partial charge in [0.1, 0.15) is 5.75 Å². The molecule has 7 heteroatoms. The largest absolute Gasteiger partial charge is 0.547 e. The fraction of sp³-hybridized carbons (Fsp3) is 0.609. The standard InChI is InChI=1S/C23H36BN3O3/c1-15(2)19-7-5-6-17-13-20(24(29)30-22(17)19)27-21(28)12-16-8-10-18(11-9-16)26-14-23(3,4)25/h5-7,16,18,20,26,29H,1,8-14,25H2,2-4H3,(H,27,28). The number of hydrogen-bond acceptors (Lipinski definition) is 5. The number of benzene rings is 1. The van der Waals surface area contributed by atoms with Gasteiger partial charge in [-0.3, -0.25) is 4.79 Å². The third-order valence-corrected chi connectivity index (χ3v) is 6.09. The summed E-state index contributed by atoms with van der Waals surface area (Å²) in [5, 5.41) is 17.0. The molecular formula is C23H36BN3O3. The zero-order valence-corrected chi connectivity index (χ0v) is 18.5. The molecule has 0 bridgehead atoms. The number of carbonyl (C=O) groups excluding carboxylic acids is 1. The number of para-hydroxylation sites is 1. The average Bonchev–Trinajstić information content (AvgIpc) is 2.67. The van der Waals surface area contributed by atoms with Gasteiger partial charge in [0.15, 0.2) is 0 Å². The van der Waals surface area contributed by atoms with Crippen molar-refractivity contribution in [2.75, 3.05) is 6.54 Å². The number of allylic oxidation sites excluding steroid dienone is 1. The van der Waals surface area contributed by atoms with Crippen molar-refractivity contribution < 1.29 is 14.5 Å². The summed E-state index contributed by atoms with van der Waals surface area (Å²) in [7, 11) is -1.05. The second-order valence-corrected chi connectivity index (χ2v) is 9.75. The molecule has 1 unspecified atom stereocenters. The molecule has 0 radical (unpaired) electrons. The van der Waals surface area contributed by atoms with E-state index in [4.69, 9.17) is 10.4 Å². The van der Waals surface area contributed by atoms with Gasteiger partial charge in [0, 0.05) is 30.1 Å². The Hall–Kier alpha value is -1.83. The van der Waals surface area contributed by atoms with E-state index < -0.39 is 13.1 Å². The van der Waals surface area contributed by atoms with E-state index >= 15 is 0 Å². The first-order chi connectivity index (χ1) is 14.1. The Morgan fingerprint density at radius 1 is 1.33 bits per heavy atom. The molecule has 3 rings (SSSR count). The summed E-state index contributed by atoms with van der Waals surface area (Å²) in [4.78, 5) is 12.6. The van der Waals surface area contributed by atoms with Gasteiger partial charge in [-0.1, -0.05) is 24.8 Å². The molecule has 30 heavy (non-hydrogen) atoms. The van der Waals surface area contributed by atoms with Crippen molar-refractivity contribution in [3.05, 3.63) is 35.9 Å². The number of fused-ring (bicyclic) bond motifs is 1. The summed E-state index contributed by atoms with van der Waals surface area (Å²) in [6, 6.07) is 6.36. The molecule has 0 spiro atoms. The van der Waals surface area contributed by atoms with E-state index in [0.717, 1.165) is 48.9 Å². The highest BCUT2D eigenvalue weighted by atomic mass is 16.5. The molecule has 1 fully saturated rings. The van der Waals surface area contributed by atoms with Crippen molar-refractivity contribution in [2.45, 2.75) is 76.8 Å². The fourth-order valence-corrected chi connectivity index (χ4v) is 4.39. The Balaban J connectivity index is 1.48. The van der Waals surface area contributed by atoms with E-state index in [0.29, 0.717) is 30.6 Å². The number of rotatable bonds is 7. The molecule has 1 aliphatic carbocycles. The molecule has 2 aliphatic rings. The topological polar surface area (TPSA) is 96.6 Å². The first-order valence-electron chi connectivity index (χ1n) is 11.1. The van der Waals surface area contributed by atoms with Gasteiger partial charge in [-0.25, -0.2) is 0 Å². The molecular weight excluding hydrogens is 377 g/mol. The second-order valence-electron chi connectivity index (χ2n) is 9.75. The molecule has 1 aromatic rings. The first kappa shape index (κ1) is 22.9. The number of nitrogens with two attached hydrogens (primary N) is 1. The molecule has 164 valence electrons. The van der Waals surface area contributed by atoms with Crippen LogP contribution < -0.4 is 21.0 Å². The normalized spacial score (nSPS) is 24.0. The molecule has 1 amide bonds. The minimum absolute atomic E-state index is 0.0124. The van der Waals surface area contributed by atoms with Crippen LogP contribution in [0.25, 0.3) is 5.57 Å². The van der Waals surface area contributed by atoms with Crippen LogP contribution in [-0.2, 0) is 11.2 Å². The van der Waals surface area contributed by atoms with Crippen LogP contribution in [0.4, 0.5) is 0 Å². The molecule has 1 aliphatic heterocycles. The van der Waals surface area contributed by atoms with Crippen molar-refractivity contribution >= 4 is 18.6 Å². The smallest absolute Gasteiger partial charge is 0.534 e. The number of carbonyl (C=O) groups is 1. The Labute approximate surface area is 180 Å². The summed E-state index contributed by atoms with van der Waals surface area (Å²) in [6.07, 6.45) is 5.25. The Morgan fingerprint density at radius 2 is 2.03 bits per heavy atom. The highest BCUT2D eigenvalue weighted by Crippen LogP contribution is 2.33. The van der Waals surface area contributed by atoms with Gasteiger partial charge in [0.05, 0.1) is 5.94 Å². The Morgan fingerprint density at radius 3 is 2.67 bits per heavy atom. The van der Waals surface area contributed by atoms with Crippen molar-refractivity contribution in [3.63, 3.8) is 0 Å². The van der Waals surface area contributed by atoms with Crippen LogP contribution in [-0.4, -0.2) is 42.1 Å². The lowest BCUT2D eigenvalue weighted by atomic mass is 9.72. The third kappa shape index (κ3) is 6.09. The van der Waals surface area contributed by atoms with Crippen LogP contribution in [0.15, 0.2) is 24.8 Å². The lowest BCUT2D eigenvalue weighted by Gasteiger charge is -2.32. The van der Waals surface area contributed by atoms with Gasteiger partial charge in [0.25, 0.3) is 0 Å². The van der Waals surface area contributed by atoms with Gasteiger partial charge >= 0.3 is 7.12 Å². The van der Waals surface area contributed by atoms with Crippen LogP contribution in [0.3, 0.4) is 0 Å². The third-order valence-electron chi connectivity index (χ3n) is 6.09. The summed E-state index contributed by atoms with van der Waals surface area (Å²) in [5.41, 5.74) is 8.62. The predicted molar refractivity (Wildman–Crippen MR) is 122 cm³/mol. The van der Waals surface area contributed by atoms with E-state index in [1.807, 2.05) is 39.0 Å². The summed E-state index contributed by atoms with van der Waals surface area (Å²) in [6.45, 7) is 10.7. The number of amides is 1. The maximum Gasteiger partial charge on any atom is 0.547 e. The van der Waals surface area contributed by atoms with Crippen molar-refractivity contribution in [1.29, 1.82) is 0 Å². The molecule has 6 nitrogen and oxygen atoms in total. The monoisotopic (exact) mass is 413 g/mol. The minimum atomic E-state index is -1.05. The molecule has 1 aromatic carbocycles. The van der Waals surface area contributed by atoms with E-state index in [1.165, 1.54) is 0 Å². The summed E-state index contributed by atoms with van der Waals surface area (Å²) >= 11 is 0. The fourth-order valence-electron chi connectivity index (χ4n) is 4.39. The van der Waals surface area contributed by atoms with Gasteiger partial charge < -0.3 is 26.0 Å². The SMILES string of the molecule is C=C(C)c1cccc2c1OB(O)C(NC(=O)CC1CCC(NCC(C)(C)N)CC1)C2. The molecule has 1 heterocycles. The molecule has 0 saturated heterocycles. The van der Waals surface area contributed by atoms with E-state index in [1.54, 1.807) is 0 Å². The van der Waals surface area contributed by atoms with Crippen LogP contribution in [0.1, 0.15) is 64.0 Å². The van der Waals surface area contributed by atoms with Gasteiger partial charge in [0.2, 0.25) is 5.91 Å². The van der Waals surface area contributed by atoms with E-state index in [2.05, 4.69) is 17.2 Å². The highest BCUT2D eigenvalue weighted by molar-refractivity contribution is 6.46. The first-order valence-corrected chi connectivity index (χ1v) is 11.1. The number of nitrogens with one attached hydrogen (secondary N) is 2. The van der Waals surface area contributed by atoms with Gasteiger partial charge in [-0.15, -0.1) is 0 Å². The molecule has 1 saturated carbocycles. The van der Waals surface area contributed by atoms with E-state index in [9.17, 15) is 9.82 Å². The minimum Gasteiger partial charge on any atom is -0.534 e. The van der Waals surface area contributed by atoms with Gasteiger partial charge in [-0.05, 0) is 69.9 Å². The second kappa shape index (κ2) is 9.54. The van der Waals surface area contributed by atoms with Crippen LogP contribution >= 0.6 is 0 Å². The molecule has 5 N–H and O–H groups in total. The van der Waals surface area contributed by atoms with Crippen molar-refractivity contribution in [1.82, 2.24) is 10.6 Å². The maximum atomic E-state index is 12.6. The zero-order valence-electron chi connectivity index (χ0n) is 18.5. The summed E-state index contributed by atoms with van der Waals surface area (Å²) in [5.74, 6) is 0.615. The lowest BCUT2D eigenvalue weighted by molar-refractivity contribution is -0.122. The van der Waals surface area contributed by atoms with Crippen LogP contribution in [0.2, 0.25) is 0 Å². The quantitative estimate of drug-likeness (QED) is 0.515. The average molecular weight is 413 g/mol. The summed E-state index contributed by atoms with van der Waals surface area (Å²) < 4.78 is 5.76.